The van der Waals surface area contributed by atoms with Gasteiger partial charge in [0, 0.05) is 11.1 Å². The summed E-state index contributed by atoms with van der Waals surface area (Å²) in [6.45, 7) is 5.92. The molecule has 0 heterocycles. The molecule has 118 valence electrons. The van der Waals surface area contributed by atoms with Crippen LogP contribution in [-0.4, -0.2) is 0 Å². The van der Waals surface area contributed by atoms with E-state index < -0.39 is 0 Å². The molecule has 0 unspecified atom stereocenters. The SMILES string of the molecule is CC#Cc1c2ccccc2c(C#CC)c2cc3cc(C)ccc3cc12. The lowest BCUT2D eigenvalue weighted by molar-refractivity contribution is 1.51. The summed E-state index contributed by atoms with van der Waals surface area (Å²) >= 11 is 0. The molecule has 0 heteroatoms. The molecule has 0 bridgehead atoms. The molecule has 0 aromatic heterocycles. The Balaban J connectivity index is 2.33. The number of fused-ring (bicyclic) bond motifs is 3. The summed E-state index contributed by atoms with van der Waals surface area (Å²) in [4.78, 5) is 0. The largest absolute Gasteiger partial charge is 0.101 e. The predicted molar refractivity (Wildman–Crippen MR) is 109 cm³/mol. The number of hydrogen-bond acceptors (Lipinski definition) is 0. The number of aryl methyl sites for hydroxylation is 1. The average molecular weight is 318 g/mol. The highest BCUT2D eigenvalue weighted by molar-refractivity contribution is 6.13. The smallest absolute Gasteiger partial charge is 0.0403 e. The van der Waals surface area contributed by atoms with Crippen LogP contribution in [0.3, 0.4) is 0 Å². The van der Waals surface area contributed by atoms with Crippen molar-refractivity contribution in [3.63, 3.8) is 0 Å². The molecule has 0 radical (unpaired) electrons. The number of rotatable bonds is 0. The van der Waals surface area contributed by atoms with Crippen molar-refractivity contribution in [1.82, 2.24) is 0 Å². The Morgan fingerprint density at radius 1 is 0.600 bits per heavy atom. The van der Waals surface area contributed by atoms with Crippen molar-refractivity contribution >= 4 is 32.3 Å². The zero-order valence-electron chi connectivity index (χ0n) is 14.7. The van der Waals surface area contributed by atoms with Gasteiger partial charge in [-0.15, -0.1) is 11.8 Å². The molecule has 0 aliphatic rings. The molecule has 0 aliphatic heterocycles. The second-order valence-electron chi connectivity index (χ2n) is 6.29. The van der Waals surface area contributed by atoms with Gasteiger partial charge in [-0.1, -0.05) is 59.9 Å². The van der Waals surface area contributed by atoms with Crippen LogP contribution in [0.1, 0.15) is 30.5 Å². The van der Waals surface area contributed by atoms with Gasteiger partial charge in [0.15, 0.2) is 0 Å². The Hall–Kier alpha value is -3.22. The van der Waals surface area contributed by atoms with Gasteiger partial charge in [0.2, 0.25) is 0 Å². The molecule has 0 amide bonds. The topological polar surface area (TPSA) is 0 Å². The van der Waals surface area contributed by atoms with E-state index in [9.17, 15) is 0 Å². The summed E-state index contributed by atoms with van der Waals surface area (Å²) in [5.74, 6) is 12.9. The Morgan fingerprint density at radius 3 is 1.72 bits per heavy atom. The molecule has 0 N–H and O–H groups in total. The van der Waals surface area contributed by atoms with Crippen LogP contribution < -0.4 is 0 Å². The fourth-order valence-electron chi connectivity index (χ4n) is 3.56. The van der Waals surface area contributed by atoms with E-state index >= 15 is 0 Å². The van der Waals surface area contributed by atoms with Gasteiger partial charge < -0.3 is 0 Å². The van der Waals surface area contributed by atoms with Gasteiger partial charge in [-0.25, -0.2) is 0 Å². The lowest BCUT2D eigenvalue weighted by Gasteiger charge is -2.12. The van der Waals surface area contributed by atoms with Crippen molar-refractivity contribution in [1.29, 1.82) is 0 Å². The summed E-state index contributed by atoms with van der Waals surface area (Å²) in [6, 6.07) is 19.6. The predicted octanol–water partition coefficient (Wildman–Crippen LogP) is 6.20. The first-order valence-electron chi connectivity index (χ1n) is 8.47. The van der Waals surface area contributed by atoms with Gasteiger partial charge in [0.25, 0.3) is 0 Å². The third-order valence-corrected chi connectivity index (χ3v) is 4.64. The molecule has 0 atom stereocenters. The van der Waals surface area contributed by atoms with E-state index in [1.165, 1.54) is 37.9 Å². The molecule has 25 heavy (non-hydrogen) atoms. The highest BCUT2D eigenvalue weighted by Crippen LogP contribution is 2.35. The maximum atomic E-state index is 3.34. The maximum absolute atomic E-state index is 3.34. The molecule has 0 aliphatic carbocycles. The average Bonchev–Trinajstić information content (AvgIpc) is 2.63. The van der Waals surface area contributed by atoms with Crippen LogP contribution in [0.5, 0.6) is 0 Å². The van der Waals surface area contributed by atoms with E-state index in [2.05, 4.69) is 85.2 Å². The minimum absolute atomic E-state index is 1.09. The summed E-state index contributed by atoms with van der Waals surface area (Å²) in [5, 5.41) is 7.20. The van der Waals surface area contributed by atoms with E-state index in [0.717, 1.165) is 11.1 Å². The summed E-state index contributed by atoms with van der Waals surface area (Å²) in [6.07, 6.45) is 0. The molecule has 0 saturated heterocycles. The first-order valence-corrected chi connectivity index (χ1v) is 8.47. The Kier molecular flexibility index (Phi) is 3.68. The standard InChI is InChI=1S/C25H18/c1-4-8-20-22-10-6-7-11-23(22)21(9-5-2)25-16-19-14-17(3)12-13-18(19)15-24(20)25/h6-7,10-16H,1-3H3. The van der Waals surface area contributed by atoms with Gasteiger partial charge in [-0.05, 0) is 65.2 Å². The Labute approximate surface area is 148 Å². The van der Waals surface area contributed by atoms with Crippen LogP contribution in [0, 0.1) is 30.6 Å². The number of benzene rings is 4. The second-order valence-corrected chi connectivity index (χ2v) is 6.29. The quantitative estimate of drug-likeness (QED) is 0.267. The minimum atomic E-state index is 1.09. The summed E-state index contributed by atoms with van der Waals surface area (Å²) in [5.41, 5.74) is 3.46. The van der Waals surface area contributed by atoms with E-state index in [0.29, 0.717) is 0 Å². The van der Waals surface area contributed by atoms with Gasteiger partial charge in [-0.2, -0.15) is 0 Å². The molecule has 4 aromatic carbocycles. The van der Waals surface area contributed by atoms with E-state index in [-0.39, 0.29) is 0 Å². The van der Waals surface area contributed by atoms with E-state index in [1.807, 2.05) is 13.8 Å². The molecule has 0 fully saturated rings. The fraction of sp³-hybridized carbons (Fsp3) is 0.120. The third kappa shape index (κ3) is 2.44. The Bertz CT molecular complexity index is 1270. The van der Waals surface area contributed by atoms with Gasteiger partial charge in [0.1, 0.15) is 0 Å². The molecule has 0 spiro atoms. The molecule has 0 saturated carbocycles. The minimum Gasteiger partial charge on any atom is -0.101 e. The lowest BCUT2D eigenvalue weighted by atomic mass is 9.90. The van der Waals surface area contributed by atoms with Crippen LogP contribution in [-0.2, 0) is 0 Å². The maximum Gasteiger partial charge on any atom is 0.0403 e. The monoisotopic (exact) mass is 318 g/mol. The van der Waals surface area contributed by atoms with Crippen molar-refractivity contribution in [2.24, 2.45) is 0 Å². The van der Waals surface area contributed by atoms with Crippen molar-refractivity contribution in [3.8, 4) is 23.7 Å². The number of hydrogen-bond donors (Lipinski definition) is 0. The molecule has 4 rings (SSSR count). The molecular weight excluding hydrogens is 300 g/mol. The third-order valence-electron chi connectivity index (χ3n) is 4.64. The summed E-state index contributed by atoms with van der Waals surface area (Å²) < 4.78 is 0. The van der Waals surface area contributed by atoms with Crippen molar-refractivity contribution in [3.05, 3.63) is 71.3 Å². The van der Waals surface area contributed by atoms with Crippen LogP contribution in [0.2, 0.25) is 0 Å². The zero-order chi connectivity index (χ0) is 17.4. The van der Waals surface area contributed by atoms with Gasteiger partial charge in [-0.3, -0.25) is 0 Å². The van der Waals surface area contributed by atoms with Crippen LogP contribution >= 0.6 is 0 Å². The first-order chi connectivity index (χ1) is 12.2. The van der Waals surface area contributed by atoms with Crippen LogP contribution in [0.25, 0.3) is 32.3 Å². The van der Waals surface area contributed by atoms with Crippen molar-refractivity contribution in [2.45, 2.75) is 20.8 Å². The lowest BCUT2D eigenvalue weighted by Crippen LogP contribution is -1.91. The Morgan fingerprint density at radius 2 is 1.16 bits per heavy atom. The summed E-state index contributed by atoms with van der Waals surface area (Å²) in [7, 11) is 0. The van der Waals surface area contributed by atoms with Gasteiger partial charge >= 0.3 is 0 Å². The van der Waals surface area contributed by atoms with Crippen molar-refractivity contribution in [2.75, 3.05) is 0 Å². The van der Waals surface area contributed by atoms with Gasteiger partial charge in [0.05, 0.1) is 0 Å². The van der Waals surface area contributed by atoms with Crippen LogP contribution in [0.15, 0.2) is 54.6 Å². The van der Waals surface area contributed by atoms with Crippen molar-refractivity contribution < 1.29 is 0 Å². The molecule has 4 aromatic rings. The van der Waals surface area contributed by atoms with E-state index in [4.69, 9.17) is 0 Å². The highest BCUT2D eigenvalue weighted by atomic mass is 14.1. The molecule has 0 nitrogen and oxygen atoms in total. The normalized spacial score (nSPS) is 10.4. The fourth-order valence-corrected chi connectivity index (χ4v) is 3.56. The molecular formula is C25H18. The van der Waals surface area contributed by atoms with E-state index in [1.54, 1.807) is 0 Å². The highest BCUT2D eigenvalue weighted by Gasteiger charge is 2.12. The second kappa shape index (κ2) is 6.01. The van der Waals surface area contributed by atoms with Crippen LogP contribution in [0.4, 0.5) is 0 Å². The zero-order valence-corrected chi connectivity index (χ0v) is 14.7. The first kappa shape index (κ1) is 15.3.